The molecule has 1 aromatic heterocycles. The maximum absolute atomic E-state index is 10.8. The van der Waals surface area contributed by atoms with Gasteiger partial charge in [-0.05, 0) is 37.6 Å². The van der Waals surface area contributed by atoms with Gasteiger partial charge in [0.05, 0.1) is 5.02 Å². The van der Waals surface area contributed by atoms with E-state index >= 15 is 0 Å². The van der Waals surface area contributed by atoms with E-state index in [4.69, 9.17) is 25.9 Å². The largest absolute Gasteiger partial charge is 0.484 e. The maximum Gasteiger partial charge on any atom is 0.372 e. The van der Waals surface area contributed by atoms with Gasteiger partial charge in [-0.15, -0.1) is 0 Å². The Hall–Kier alpha value is -1.94. The molecular formula is C14H13ClO4. The van der Waals surface area contributed by atoms with Crippen LogP contribution in [0.25, 0.3) is 0 Å². The summed E-state index contributed by atoms with van der Waals surface area (Å²) < 4.78 is 10.7. The Labute approximate surface area is 115 Å². The molecule has 0 aliphatic rings. The quantitative estimate of drug-likeness (QED) is 0.925. The van der Waals surface area contributed by atoms with Crippen LogP contribution in [0.2, 0.25) is 5.02 Å². The van der Waals surface area contributed by atoms with E-state index in [9.17, 15) is 4.79 Å². The SMILES string of the molecule is Cc1ccc(OCc2cc(C)c(C(=O)O)o2)c(Cl)c1. The lowest BCUT2D eigenvalue weighted by Gasteiger charge is -2.06. The van der Waals surface area contributed by atoms with Crippen LogP contribution in [0.4, 0.5) is 0 Å². The second-order valence-electron chi connectivity index (χ2n) is 4.25. The highest BCUT2D eigenvalue weighted by Gasteiger charge is 2.14. The van der Waals surface area contributed by atoms with Crippen LogP contribution in [-0.4, -0.2) is 11.1 Å². The lowest BCUT2D eigenvalue weighted by Crippen LogP contribution is -1.96. The topological polar surface area (TPSA) is 59.7 Å². The minimum atomic E-state index is -1.09. The van der Waals surface area contributed by atoms with Gasteiger partial charge in [0.15, 0.2) is 0 Å². The zero-order valence-corrected chi connectivity index (χ0v) is 11.3. The van der Waals surface area contributed by atoms with Gasteiger partial charge in [-0.3, -0.25) is 0 Å². The molecule has 0 aliphatic heterocycles. The lowest BCUT2D eigenvalue weighted by molar-refractivity contribution is 0.0657. The number of carbonyl (C=O) groups is 1. The lowest BCUT2D eigenvalue weighted by atomic mass is 10.2. The predicted octanol–water partition coefficient (Wildman–Crippen LogP) is 3.83. The molecule has 100 valence electrons. The van der Waals surface area contributed by atoms with Crippen molar-refractivity contribution >= 4 is 17.6 Å². The Morgan fingerprint density at radius 1 is 1.37 bits per heavy atom. The standard InChI is InChI=1S/C14H13ClO4/c1-8-3-4-12(11(15)5-8)18-7-10-6-9(2)13(19-10)14(16)17/h3-6H,7H2,1-2H3,(H,16,17). The van der Waals surface area contributed by atoms with Gasteiger partial charge in [-0.25, -0.2) is 4.79 Å². The van der Waals surface area contributed by atoms with Crippen molar-refractivity contribution in [3.8, 4) is 5.75 Å². The Morgan fingerprint density at radius 2 is 2.11 bits per heavy atom. The van der Waals surface area contributed by atoms with Crippen LogP contribution in [-0.2, 0) is 6.61 Å². The van der Waals surface area contributed by atoms with Gasteiger partial charge in [0.2, 0.25) is 5.76 Å². The molecule has 0 radical (unpaired) electrons. The summed E-state index contributed by atoms with van der Waals surface area (Å²) in [6.07, 6.45) is 0. The van der Waals surface area contributed by atoms with Gasteiger partial charge >= 0.3 is 5.97 Å². The van der Waals surface area contributed by atoms with Crippen LogP contribution in [0.15, 0.2) is 28.7 Å². The van der Waals surface area contributed by atoms with Crippen LogP contribution >= 0.6 is 11.6 Å². The van der Waals surface area contributed by atoms with Crippen molar-refractivity contribution < 1.29 is 19.1 Å². The number of hydrogen-bond acceptors (Lipinski definition) is 3. The van der Waals surface area contributed by atoms with Crippen LogP contribution in [0.3, 0.4) is 0 Å². The number of carboxylic acids is 1. The Morgan fingerprint density at radius 3 is 2.68 bits per heavy atom. The summed E-state index contributed by atoms with van der Waals surface area (Å²) >= 11 is 6.03. The third kappa shape index (κ3) is 3.09. The molecule has 4 nitrogen and oxygen atoms in total. The minimum absolute atomic E-state index is 0.0615. The van der Waals surface area contributed by atoms with E-state index in [1.165, 1.54) is 0 Å². The molecule has 0 atom stereocenters. The number of benzene rings is 1. The number of rotatable bonds is 4. The van der Waals surface area contributed by atoms with Gasteiger partial charge in [-0.2, -0.15) is 0 Å². The molecule has 0 saturated heterocycles. The van der Waals surface area contributed by atoms with E-state index in [1.54, 1.807) is 25.1 Å². The van der Waals surface area contributed by atoms with Crippen molar-refractivity contribution in [2.45, 2.75) is 20.5 Å². The van der Waals surface area contributed by atoms with E-state index in [-0.39, 0.29) is 12.4 Å². The first-order valence-corrected chi connectivity index (χ1v) is 6.06. The van der Waals surface area contributed by atoms with Crippen molar-refractivity contribution in [1.82, 2.24) is 0 Å². The second kappa shape index (κ2) is 5.36. The first kappa shape index (κ1) is 13.5. The molecule has 0 saturated carbocycles. The van der Waals surface area contributed by atoms with Gasteiger partial charge < -0.3 is 14.3 Å². The number of halogens is 1. The zero-order valence-electron chi connectivity index (χ0n) is 10.6. The van der Waals surface area contributed by atoms with Crippen molar-refractivity contribution in [3.05, 3.63) is 51.9 Å². The normalized spacial score (nSPS) is 10.5. The summed E-state index contributed by atoms with van der Waals surface area (Å²) in [5.74, 6) is -0.157. The molecule has 1 N–H and O–H groups in total. The van der Waals surface area contributed by atoms with Crippen molar-refractivity contribution in [1.29, 1.82) is 0 Å². The van der Waals surface area contributed by atoms with E-state index in [2.05, 4.69) is 0 Å². The molecule has 19 heavy (non-hydrogen) atoms. The Bertz CT molecular complexity index is 616. The Balaban J connectivity index is 2.10. The highest BCUT2D eigenvalue weighted by molar-refractivity contribution is 6.32. The van der Waals surface area contributed by atoms with Crippen molar-refractivity contribution in [2.75, 3.05) is 0 Å². The first-order valence-electron chi connectivity index (χ1n) is 5.69. The fourth-order valence-corrected chi connectivity index (χ4v) is 1.99. The highest BCUT2D eigenvalue weighted by atomic mass is 35.5. The van der Waals surface area contributed by atoms with E-state index in [0.717, 1.165) is 5.56 Å². The molecule has 0 spiro atoms. The maximum atomic E-state index is 10.8. The molecule has 1 aromatic carbocycles. The minimum Gasteiger partial charge on any atom is -0.484 e. The summed E-state index contributed by atoms with van der Waals surface area (Å²) in [5.41, 5.74) is 1.61. The molecule has 0 fully saturated rings. The molecular weight excluding hydrogens is 268 g/mol. The van der Waals surface area contributed by atoms with Crippen molar-refractivity contribution in [2.24, 2.45) is 0 Å². The number of ether oxygens (including phenoxy) is 1. The first-order chi connectivity index (χ1) is 8.97. The third-order valence-corrected chi connectivity index (χ3v) is 2.92. The van der Waals surface area contributed by atoms with Crippen LogP contribution in [0.1, 0.15) is 27.4 Å². The average molecular weight is 281 g/mol. The van der Waals surface area contributed by atoms with E-state index in [0.29, 0.717) is 22.1 Å². The molecule has 2 aromatic rings. The average Bonchev–Trinajstić information content (AvgIpc) is 2.69. The fourth-order valence-electron chi connectivity index (χ4n) is 1.70. The molecule has 0 unspecified atom stereocenters. The van der Waals surface area contributed by atoms with Crippen LogP contribution < -0.4 is 4.74 Å². The van der Waals surface area contributed by atoms with E-state index < -0.39 is 5.97 Å². The highest BCUT2D eigenvalue weighted by Crippen LogP contribution is 2.26. The Kier molecular flexibility index (Phi) is 3.81. The van der Waals surface area contributed by atoms with Crippen molar-refractivity contribution in [3.63, 3.8) is 0 Å². The molecule has 1 heterocycles. The summed E-state index contributed by atoms with van der Waals surface area (Å²) in [7, 11) is 0. The summed E-state index contributed by atoms with van der Waals surface area (Å²) in [6, 6.07) is 7.10. The van der Waals surface area contributed by atoms with Gasteiger partial charge in [0.1, 0.15) is 18.1 Å². The molecule has 0 aliphatic carbocycles. The predicted molar refractivity (Wildman–Crippen MR) is 70.9 cm³/mol. The van der Waals surface area contributed by atoms with Gasteiger partial charge in [0, 0.05) is 5.56 Å². The fraction of sp³-hybridized carbons (Fsp3) is 0.214. The van der Waals surface area contributed by atoms with Crippen LogP contribution in [0.5, 0.6) is 5.75 Å². The second-order valence-corrected chi connectivity index (χ2v) is 4.66. The molecule has 2 rings (SSSR count). The zero-order chi connectivity index (χ0) is 14.0. The van der Waals surface area contributed by atoms with Crippen LogP contribution in [0, 0.1) is 13.8 Å². The number of hydrogen-bond donors (Lipinski definition) is 1. The molecule has 5 heteroatoms. The summed E-state index contributed by atoms with van der Waals surface area (Å²) in [6.45, 7) is 3.75. The molecule has 0 bridgehead atoms. The monoisotopic (exact) mass is 280 g/mol. The number of aromatic carboxylic acids is 1. The number of furan rings is 1. The molecule has 0 amide bonds. The number of aryl methyl sites for hydroxylation is 2. The van der Waals surface area contributed by atoms with Gasteiger partial charge in [0.25, 0.3) is 0 Å². The summed E-state index contributed by atoms with van der Waals surface area (Å²) in [4.78, 5) is 10.8. The smallest absolute Gasteiger partial charge is 0.372 e. The summed E-state index contributed by atoms with van der Waals surface area (Å²) in [5, 5.41) is 9.40. The van der Waals surface area contributed by atoms with Gasteiger partial charge in [-0.1, -0.05) is 17.7 Å². The number of carboxylic acid groups (broad SMARTS) is 1. The van der Waals surface area contributed by atoms with E-state index in [1.807, 2.05) is 13.0 Å². The third-order valence-electron chi connectivity index (χ3n) is 2.62.